The van der Waals surface area contributed by atoms with Crippen molar-refractivity contribution >= 4 is 17.7 Å². The summed E-state index contributed by atoms with van der Waals surface area (Å²) in [5.74, 6) is 1.01. The molecule has 2 rings (SSSR count). The molecule has 1 fully saturated rings. The summed E-state index contributed by atoms with van der Waals surface area (Å²) in [5, 5.41) is 15.3. The van der Waals surface area contributed by atoms with Gasteiger partial charge in [-0.2, -0.15) is 0 Å². The molecule has 1 saturated carbocycles. The van der Waals surface area contributed by atoms with Crippen LogP contribution in [-0.2, 0) is 18.4 Å². The lowest BCUT2D eigenvalue weighted by Gasteiger charge is -2.17. The number of rotatable bonds is 7. The van der Waals surface area contributed by atoms with Crippen LogP contribution in [0.4, 0.5) is 0 Å². The minimum absolute atomic E-state index is 0.101. The van der Waals surface area contributed by atoms with E-state index in [-0.39, 0.29) is 11.2 Å². The Morgan fingerprint density at radius 1 is 1.43 bits per heavy atom. The van der Waals surface area contributed by atoms with Gasteiger partial charge in [0.1, 0.15) is 5.82 Å². The first-order valence-corrected chi connectivity index (χ1v) is 8.53. The van der Waals surface area contributed by atoms with E-state index >= 15 is 0 Å². The Labute approximate surface area is 130 Å². The number of hydrogen-bond acceptors (Lipinski definition) is 5. The zero-order valence-electron chi connectivity index (χ0n) is 13.1. The molecule has 1 atom stereocenters. The molecule has 1 aliphatic carbocycles. The van der Waals surface area contributed by atoms with Crippen molar-refractivity contribution in [2.45, 2.75) is 62.0 Å². The molecule has 0 aliphatic heterocycles. The Kier molecular flexibility index (Phi) is 6.05. The molecule has 6 nitrogen and oxygen atoms in total. The molecule has 2 N–H and O–H groups in total. The second-order valence-corrected chi connectivity index (χ2v) is 6.66. The lowest BCUT2D eigenvalue weighted by molar-refractivity contribution is -0.121. The topological polar surface area (TPSA) is 71.8 Å². The van der Waals surface area contributed by atoms with Gasteiger partial charge in [0.05, 0.1) is 11.8 Å². The Hall–Kier alpha value is -1.08. The summed E-state index contributed by atoms with van der Waals surface area (Å²) in [6, 6.07) is 0.367. The number of carbonyl (C=O) groups is 1. The first-order chi connectivity index (χ1) is 10.2. The van der Waals surface area contributed by atoms with Crippen LogP contribution in [0, 0.1) is 0 Å². The summed E-state index contributed by atoms with van der Waals surface area (Å²) < 4.78 is 1.95. The molecule has 7 heteroatoms. The van der Waals surface area contributed by atoms with Gasteiger partial charge in [0.15, 0.2) is 5.16 Å². The summed E-state index contributed by atoms with van der Waals surface area (Å²) in [6.07, 6.45) is 5.47. The molecule has 0 unspecified atom stereocenters. The van der Waals surface area contributed by atoms with Crippen molar-refractivity contribution in [1.82, 2.24) is 25.4 Å². The highest BCUT2D eigenvalue weighted by Gasteiger charge is 2.24. The van der Waals surface area contributed by atoms with Crippen LogP contribution in [0.3, 0.4) is 0 Å². The fraction of sp³-hybridized carbons (Fsp3) is 0.786. The minimum atomic E-state index is -0.101. The van der Waals surface area contributed by atoms with E-state index < -0.39 is 0 Å². The Morgan fingerprint density at radius 3 is 2.76 bits per heavy atom. The molecule has 1 aromatic rings. The monoisotopic (exact) mass is 311 g/mol. The Morgan fingerprint density at radius 2 is 2.14 bits per heavy atom. The highest BCUT2D eigenvalue weighted by molar-refractivity contribution is 8.00. The lowest BCUT2D eigenvalue weighted by atomic mass is 10.2. The summed E-state index contributed by atoms with van der Waals surface area (Å²) in [6.45, 7) is 2.71. The van der Waals surface area contributed by atoms with Gasteiger partial charge in [0.25, 0.3) is 0 Å². The van der Waals surface area contributed by atoms with E-state index in [1.807, 2.05) is 25.6 Å². The van der Waals surface area contributed by atoms with Crippen LogP contribution in [0.15, 0.2) is 5.16 Å². The zero-order chi connectivity index (χ0) is 15.2. The maximum Gasteiger partial charge on any atom is 0.233 e. The number of carbonyl (C=O) groups excluding carboxylic acids is 1. The van der Waals surface area contributed by atoms with Crippen LogP contribution in [-0.4, -0.2) is 39.0 Å². The van der Waals surface area contributed by atoms with Crippen LogP contribution in [0.5, 0.6) is 0 Å². The third-order valence-electron chi connectivity index (χ3n) is 3.87. The smallest absolute Gasteiger partial charge is 0.233 e. The molecule has 118 valence electrons. The zero-order valence-corrected chi connectivity index (χ0v) is 13.9. The van der Waals surface area contributed by atoms with E-state index in [9.17, 15) is 4.79 Å². The predicted molar refractivity (Wildman–Crippen MR) is 84.1 cm³/mol. The number of nitrogens with one attached hydrogen (secondary N) is 2. The molecular weight excluding hydrogens is 286 g/mol. The second-order valence-electron chi connectivity index (χ2n) is 5.49. The second kappa shape index (κ2) is 7.79. The van der Waals surface area contributed by atoms with Crippen molar-refractivity contribution in [3.05, 3.63) is 5.82 Å². The Balaban J connectivity index is 1.96. The van der Waals surface area contributed by atoms with Gasteiger partial charge in [-0.1, -0.05) is 31.5 Å². The number of nitrogens with zero attached hydrogens (tertiary/aromatic N) is 3. The highest BCUT2D eigenvalue weighted by atomic mass is 32.2. The van der Waals surface area contributed by atoms with Crippen LogP contribution < -0.4 is 10.6 Å². The minimum Gasteiger partial charge on any atom is -0.352 e. The molecule has 0 spiro atoms. The summed E-state index contributed by atoms with van der Waals surface area (Å²) >= 11 is 1.50. The molecule has 1 aliphatic rings. The molecule has 1 aromatic heterocycles. The van der Waals surface area contributed by atoms with Gasteiger partial charge in [-0.05, 0) is 26.3 Å². The van der Waals surface area contributed by atoms with Gasteiger partial charge in [-0.25, -0.2) is 0 Å². The molecule has 0 saturated heterocycles. The molecule has 21 heavy (non-hydrogen) atoms. The highest BCUT2D eigenvalue weighted by Crippen LogP contribution is 2.25. The van der Waals surface area contributed by atoms with E-state index in [0.717, 1.165) is 30.2 Å². The van der Waals surface area contributed by atoms with E-state index in [1.165, 1.54) is 24.6 Å². The number of aromatic nitrogens is 3. The van der Waals surface area contributed by atoms with Crippen LogP contribution in [0.25, 0.3) is 0 Å². The maximum atomic E-state index is 12.4. The Bertz CT molecular complexity index is 470. The van der Waals surface area contributed by atoms with E-state index in [0.29, 0.717) is 12.6 Å². The molecule has 0 bridgehead atoms. The predicted octanol–water partition coefficient (Wildman–Crippen LogP) is 1.46. The normalized spacial score (nSPS) is 17.1. The molecular formula is C14H25N5OS. The van der Waals surface area contributed by atoms with Crippen LogP contribution >= 0.6 is 11.8 Å². The molecule has 0 radical (unpaired) electrons. The van der Waals surface area contributed by atoms with E-state index in [4.69, 9.17) is 0 Å². The summed E-state index contributed by atoms with van der Waals surface area (Å²) in [4.78, 5) is 12.4. The molecule has 1 amide bonds. The molecule has 1 heterocycles. The number of hydrogen-bond donors (Lipinski definition) is 2. The van der Waals surface area contributed by atoms with Crippen molar-refractivity contribution in [3.8, 4) is 0 Å². The van der Waals surface area contributed by atoms with Crippen molar-refractivity contribution < 1.29 is 4.79 Å². The van der Waals surface area contributed by atoms with E-state index in [2.05, 4.69) is 20.8 Å². The van der Waals surface area contributed by atoms with Crippen molar-refractivity contribution in [3.63, 3.8) is 0 Å². The quantitative estimate of drug-likeness (QED) is 0.746. The largest absolute Gasteiger partial charge is 0.352 e. The maximum absolute atomic E-state index is 12.4. The van der Waals surface area contributed by atoms with Gasteiger partial charge in [-0.3, -0.25) is 4.79 Å². The van der Waals surface area contributed by atoms with Gasteiger partial charge in [0, 0.05) is 13.1 Å². The number of thioether (sulfide) groups is 1. The summed E-state index contributed by atoms with van der Waals surface area (Å²) in [5.41, 5.74) is 0. The molecule has 0 aromatic carbocycles. The average molecular weight is 311 g/mol. The number of amides is 1. The third-order valence-corrected chi connectivity index (χ3v) is 5.27. The van der Waals surface area contributed by atoms with Crippen molar-refractivity contribution in [1.29, 1.82) is 0 Å². The third kappa shape index (κ3) is 4.20. The van der Waals surface area contributed by atoms with Gasteiger partial charge >= 0.3 is 0 Å². The first-order valence-electron chi connectivity index (χ1n) is 7.65. The fourth-order valence-electron chi connectivity index (χ4n) is 2.57. The summed E-state index contributed by atoms with van der Waals surface area (Å²) in [7, 11) is 3.82. The average Bonchev–Trinajstić information content (AvgIpc) is 3.09. The van der Waals surface area contributed by atoms with Gasteiger partial charge in [-0.15, -0.1) is 10.2 Å². The van der Waals surface area contributed by atoms with Gasteiger partial charge < -0.3 is 15.2 Å². The first kappa shape index (κ1) is 16.3. The van der Waals surface area contributed by atoms with Gasteiger partial charge in [0.2, 0.25) is 5.91 Å². The van der Waals surface area contributed by atoms with Crippen LogP contribution in [0.1, 0.15) is 44.9 Å². The van der Waals surface area contributed by atoms with Crippen molar-refractivity contribution in [2.24, 2.45) is 7.05 Å². The lowest BCUT2D eigenvalue weighted by Crippen LogP contribution is -2.38. The SMILES string of the molecule is CC[C@H](Sc1nnc(CNC)n1C)C(=O)NC1CCCC1. The van der Waals surface area contributed by atoms with Crippen LogP contribution in [0.2, 0.25) is 0 Å². The fourth-order valence-corrected chi connectivity index (χ4v) is 3.52. The van der Waals surface area contributed by atoms with Crippen molar-refractivity contribution in [2.75, 3.05) is 7.05 Å². The standard InChI is InChI=1S/C14H25N5OS/c1-4-11(13(20)16-10-7-5-6-8-10)21-14-18-17-12(9-15-2)19(14)3/h10-11,15H,4-9H2,1-3H3,(H,16,20)/t11-/m0/s1. The van der Waals surface area contributed by atoms with E-state index in [1.54, 1.807) is 0 Å².